The van der Waals surface area contributed by atoms with Gasteiger partial charge in [-0.2, -0.15) is 4.31 Å². The number of rotatable bonds is 4. The van der Waals surface area contributed by atoms with Crippen LogP contribution in [0.15, 0.2) is 99.0 Å². The molecule has 0 aliphatic rings. The van der Waals surface area contributed by atoms with E-state index < -0.39 is 20.9 Å². The van der Waals surface area contributed by atoms with Crippen LogP contribution in [0.25, 0.3) is 21.1 Å². The highest BCUT2D eigenvalue weighted by molar-refractivity contribution is 7.93. The average molecular weight is 496 g/mol. The molecule has 0 saturated heterocycles. The topological polar surface area (TPSA) is 84.7 Å². The Hall–Kier alpha value is -3.46. The number of sulfonamides is 1. The molecule has 0 atom stereocenters. The van der Waals surface area contributed by atoms with Crippen LogP contribution >= 0.6 is 22.9 Å². The Labute approximate surface area is 197 Å². The van der Waals surface area contributed by atoms with Crippen LogP contribution in [0.5, 0.6) is 0 Å². The van der Waals surface area contributed by atoms with E-state index in [-0.39, 0.29) is 16.1 Å². The largest absolute Gasteiger partial charge is 0.413 e. The minimum Gasteiger partial charge on any atom is -0.413 e. The number of hydrogen-bond acceptors (Lipinski definition) is 6. The van der Waals surface area contributed by atoms with Crippen molar-refractivity contribution in [1.29, 1.82) is 0 Å². The van der Waals surface area contributed by atoms with Gasteiger partial charge < -0.3 is 4.42 Å². The normalized spacial score (nSPS) is 11.7. The van der Waals surface area contributed by atoms with Gasteiger partial charge in [-0.3, -0.25) is 4.79 Å². The van der Waals surface area contributed by atoms with Crippen LogP contribution in [0.4, 0.5) is 5.69 Å². The van der Waals surface area contributed by atoms with Gasteiger partial charge in [0.1, 0.15) is 0 Å². The first-order valence-electron chi connectivity index (χ1n) is 9.72. The number of halogens is 1. The first kappa shape index (κ1) is 21.4. The van der Waals surface area contributed by atoms with E-state index in [9.17, 15) is 18.0 Å². The Kier molecular flexibility index (Phi) is 5.28. The summed E-state index contributed by atoms with van der Waals surface area (Å²) in [4.78, 5) is 25.1. The van der Waals surface area contributed by atoms with E-state index in [2.05, 4.69) is 0 Å². The zero-order valence-corrected chi connectivity index (χ0v) is 19.2. The number of fused-ring (bicyclic) bond motifs is 3. The molecule has 1 aromatic heterocycles. The van der Waals surface area contributed by atoms with Gasteiger partial charge in [-0.1, -0.05) is 65.4 Å². The molecular formula is C24H14ClNO5S2. The lowest BCUT2D eigenvalue weighted by molar-refractivity contribution is 0.101. The molecule has 5 aromatic rings. The summed E-state index contributed by atoms with van der Waals surface area (Å²) in [5, 5.41) is 1.40. The fourth-order valence-electron chi connectivity index (χ4n) is 3.60. The summed E-state index contributed by atoms with van der Waals surface area (Å²) in [5.74, 6) is -0.754. The minimum absolute atomic E-state index is 0.0446. The van der Waals surface area contributed by atoms with E-state index in [1.54, 1.807) is 42.5 Å². The highest BCUT2D eigenvalue weighted by Crippen LogP contribution is 2.38. The molecule has 1 amide bonds. The van der Waals surface area contributed by atoms with E-state index >= 15 is 0 Å². The first-order chi connectivity index (χ1) is 15.9. The van der Waals surface area contributed by atoms with Gasteiger partial charge in [-0.25, -0.2) is 13.2 Å². The van der Waals surface area contributed by atoms with Crippen molar-refractivity contribution in [2.75, 3.05) is 4.31 Å². The van der Waals surface area contributed by atoms with Crippen molar-refractivity contribution in [3.8, 4) is 0 Å². The van der Waals surface area contributed by atoms with Crippen molar-refractivity contribution in [3.63, 3.8) is 0 Å². The molecule has 33 heavy (non-hydrogen) atoms. The quantitative estimate of drug-likeness (QED) is 0.319. The molecule has 0 fully saturated rings. The molecule has 0 radical (unpaired) electrons. The third-order valence-corrected chi connectivity index (χ3v) is 7.83. The van der Waals surface area contributed by atoms with E-state index in [0.29, 0.717) is 26.1 Å². The highest BCUT2D eigenvalue weighted by atomic mass is 35.5. The Morgan fingerprint density at radius 3 is 2.21 bits per heavy atom. The van der Waals surface area contributed by atoms with Crippen molar-refractivity contribution in [2.45, 2.75) is 4.90 Å². The third-order valence-electron chi connectivity index (χ3n) is 5.09. The van der Waals surface area contributed by atoms with Crippen molar-refractivity contribution < 1.29 is 17.6 Å². The second-order valence-corrected chi connectivity index (χ2v) is 10.3. The highest BCUT2D eigenvalue weighted by Gasteiger charge is 2.33. The lowest BCUT2D eigenvalue weighted by atomic mass is 10.1. The van der Waals surface area contributed by atoms with Gasteiger partial charge in [0.25, 0.3) is 15.9 Å². The SMILES string of the molecule is O=C(c1ccc(Cl)cc1)N(c1cc2sc(=O)oc2c2ccccc12)S(=O)(=O)c1ccccc1. The van der Waals surface area contributed by atoms with E-state index in [1.165, 1.54) is 42.5 Å². The number of hydrogen-bond donors (Lipinski definition) is 0. The fraction of sp³-hybridized carbons (Fsp3) is 0. The lowest BCUT2D eigenvalue weighted by Gasteiger charge is -2.24. The van der Waals surface area contributed by atoms with Gasteiger partial charge in [-0.05, 0) is 42.5 Å². The number of benzene rings is 4. The number of carbonyl (C=O) groups is 1. The van der Waals surface area contributed by atoms with Crippen LogP contribution < -0.4 is 9.24 Å². The molecule has 164 valence electrons. The lowest BCUT2D eigenvalue weighted by Crippen LogP contribution is -2.37. The van der Waals surface area contributed by atoms with Crippen LogP contribution in [0.3, 0.4) is 0 Å². The van der Waals surface area contributed by atoms with Crippen molar-refractivity contribution in [1.82, 2.24) is 0 Å². The smallest absolute Gasteiger partial charge is 0.396 e. The summed E-state index contributed by atoms with van der Waals surface area (Å²) >= 11 is 6.80. The number of anilines is 1. The number of amides is 1. The second-order valence-electron chi connectivity index (χ2n) is 7.12. The maximum absolute atomic E-state index is 13.8. The first-order valence-corrected chi connectivity index (χ1v) is 12.4. The summed E-state index contributed by atoms with van der Waals surface area (Å²) in [6, 6.07) is 22.1. The van der Waals surface area contributed by atoms with Crippen LogP contribution in [0.2, 0.25) is 5.02 Å². The molecule has 0 unspecified atom stereocenters. The summed E-state index contributed by atoms with van der Waals surface area (Å²) in [7, 11) is -4.32. The fourth-order valence-corrected chi connectivity index (χ4v) is 5.89. The summed E-state index contributed by atoms with van der Waals surface area (Å²) in [6.07, 6.45) is 0. The molecule has 1 heterocycles. The van der Waals surface area contributed by atoms with Gasteiger partial charge in [-0.15, -0.1) is 0 Å². The molecular weight excluding hydrogens is 482 g/mol. The van der Waals surface area contributed by atoms with E-state index in [0.717, 1.165) is 15.6 Å². The monoisotopic (exact) mass is 495 g/mol. The zero-order chi connectivity index (χ0) is 23.2. The van der Waals surface area contributed by atoms with Crippen LogP contribution in [-0.2, 0) is 10.0 Å². The zero-order valence-electron chi connectivity index (χ0n) is 16.8. The van der Waals surface area contributed by atoms with Gasteiger partial charge in [0.15, 0.2) is 5.58 Å². The molecule has 0 saturated carbocycles. The predicted molar refractivity (Wildman–Crippen MR) is 130 cm³/mol. The standard InChI is InChI=1S/C24H14ClNO5S2/c25-16-12-10-15(11-13-16)23(27)26(33(29,30)17-6-2-1-3-7-17)20-14-21-22(31-24(28)32-21)19-9-5-4-8-18(19)20/h1-14H. The Bertz CT molecular complexity index is 1670. The van der Waals surface area contributed by atoms with Crippen molar-refractivity contribution in [3.05, 3.63) is 105 Å². The summed E-state index contributed by atoms with van der Waals surface area (Å²) in [5.41, 5.74) is 0.614. The maximum atomic E-state index is 13.8. The molecule has 0 N–H and O–H groups in total. The summed E-state index contributed by atoms with van der Waals surface area (Å²) in [6.45, 7) is 0. The third kappa shape index (κ3) is 3.72. The van der Waals surface area contributed by atoms with Crippen LogP contribution in [0, 0.1) is 0 Å². The van der Waals surface area contributed by atoms with Crippen molar-refractivity contribution in [2.24, 2.45) is 0 Å². The van der Waals surface area contributed by atoms with Crippen LogP contribution in [0.1, 0.15) is 10.4 Å². The van der Waals surface area contributed by atoms with Crippen LogP contribution in [-0.4, -0.2) is 14.3 Å². The molecule has 9 heteroatoms. The predicted octanol–water partition coefficient (Wildman–Crippen LogP) is 5.70. The minimum atomic E-state index is -4.32. The average Bonchev–Trinajstić information content (AvgIpc) is 3.20. The molecule has 0 spiro atoms. The number of carbonyl (C=O) groups excluding carboxylic acids is 1. The molecule has 0 aliphatic carbocycles. The van der Waals surface area contributed by atoms with Gasteiger partial charge in [0, 0.05) is 21.4 Å². The summed E-state index contributed by atoms with van der Waals surface area (Å²) < 4.78 is 34.1. The van der Waals surface area contributed by atoms with Gasteiger partial charge in [0.05, 0.1) is 15.3 Å². The second kappa shape index (κ2) is 8.15. The van der Waals surface area contributed by atoms with Gasteiger partial charge >= 0.3 is 4.94 Å². The van der Waals surface area contributed by atoms with Crippen molar-refractivity contribution >= 4 is 65.6 Å². The Morgan fingerprint density at radius 2 is 1.52 bits per heavy atom. The molecule has 4 aromatic carbocycles. The molecule has 0 aliphatic heterocycles. The Balaban J connectivity index is 1.84. The Morgan fingerprint density at radius 1 is 0.879 bits per heavy atom. The maximum Gasteiger partial charge on any atom is 0.396 e. The molecule has 6 nitrogen and oxygen atoms in total. The number of nitrogens with zero attached hydrogens (tertiary/aromatic N) is 1. The molecule has 0 bridgehead atoms. The van der Waals surface area contributed by atoms with E-state index in [4.69, 9.17) is 16.0 Å². The van der Waals surface area contributed by atoms with E-state index in [1.807, 2.05) is 0 Å². The molecule has 5 rings (SSSR count). The van der Waals surface area contributed by atoms with Gasteiger partial charge in [0.2, 0.25) is 0 Å².